The number of aromatic hydroxyl groups is 1. The molecule has 1 saturated heterocycles. The summed E-state index contributed by atoms with van der Waals surface area (Å²) in [5.41, 5.74) is 0.925. The number of ether oxygens (including phenoxy) is 1. The summed E-state index contributed by atoms with van der Waals surface area (Å²) in [7, 11) is 0. The number of phenols is 1. The molecule has 0 spiro atoms. The van der Waals surface area contributed by atoms with Crippen molar-refractivity contribution in [3.63, 3.8) is 0 Å². The highest BCUT2D eigenvalue weighted by Crippen LogP contribution is 2.33. The van der Waals surface area contributed by atoms with E-state index in [0.29, 0.717) is 5.75 Å². The lowest BCUT2D eigenvalue weighted by molar-refractivity contribution is -0.0982. The third-order valence-electron chi connectivity index (χ3n) is 3.58. The lowest BCUT2D eigenvalue weighted by Gasteiger charge is -2.42. The van der Waals surface area contributed by atoms with Crippen molar-refractivity contribution in [2.24, 2.45) is 0 Å². The molecule has 0 amide bonds. The van der Waals surface area contributed by atoms with Crippen LogP contribution >= 0.6 is 0 Å². The zero-order valence-corrected chi connectivity index (χ0v) is 11.5. The van der Waals surface area contributed by atoms with E-state index < -0.39 is 0 Å². The number of rotatable bonds is 3. The van der Waals surface area contributed by atoms with Gasteiger partial charge in [0.05, 0.1) is 12.2 Å². The highest BCUT2D eigenvalue weighted by atomic mass is 16.5. The summed E-state index contributed by atoms with van der Waals surface area (Å²) in [6, 6.07) is 7.92. The molecule has 0 radical (unpaired) electrons. The van der Waals surface area contributed by atoms with Gasteiger partial charge in [0.2, 0.25) is 0 Å². The van der Waals surface area contributed by atoms with Gasteiger partial charge >= 0.3 is 0 Å². The van der Waals surface area contributed by atoms with E-state index in [2.05, 4.69) is 25.7 Å². The molecule has 1 fully saturated rings. The number of para-hydroxylation sites is 1. The van der Waals surface area contributed by atoms with Crippen molar-refractivity contribution in [1.82, 2.24) is 4.90 Å². The van der Waals surface area contributed by atoms with Crippen LogP contribution in [0.1, 0.15) is 38.8 Å². The minimum absolute atomic E-state index is 0.101. The van der Waals surface area contributed by atoms with Crippen LogP contribution in [0, 0.1) is 0 Å². The molecule has 3 heteroatoms. The van der Waals surface area contributed by atoms with E-state index in [0.717, 1.165) is 31.7 Å². The molecule has 0 saturated carbocycles. The van der Waals surface area contributed by atoms with Gasteiger partial charge in [-0.15, -0.1) is 0 Å². The van der Waals surface area contributed by atoms with Gasteiger partial charge in [0.1, 0.15) is 5.75 Å². The molecular formula is C15H23NO2. The SMILES string of the molecule is CCC(c1ccccc1O)N1CCOC(C)(C)C1. The number of morpholine rings is 1. The Morgan fingerprint density at radius 2 is 2.11 bits per heavy atom. The zero-order chi connectivity index (χ0) is 13.2. The molecule has 1 aliphatic heterocycles. The van der Waals surface area contributed by atoms with E-state index in [4.69, 9.17) is 4.74 Å². The second-order valence-electron chi connectivity index (χ2n) is 5.56. The van der Waals surface area contributed by atoms with Gasteiger partial charge in [-0.1, -0.05) is 25.1 Å². The van der Waals surface area contributed by atoms with Crippen LogP contribution in [-0.4, -0.2) is 35.3 Å². The predicted molar refractivity (Wildman–Crippen MR) is 72.7 cm³/mol. The lowest BCUT2D eigenvalue weighted by Crippen LogP contribution is -2.49. The van der Waals surface area contributed by atoms with Crippen LogP contribution in [0.25, 0.3) is 0 Å². The monoisotopic (exact) mass is 249 g/mol. The summed E-state index contributed by atoms with van der Waals surface area (Å²) in [6.07, 6.45) is 0.994. The third-order valence-corrected chi connectivity index (χ3v) is 3.58. The Morgan fingerprint density at radius 3 is 2.72 bits per heavy atom. The van der Waals surface area contributed by atoms with Gasteiger partial charge in [-0.05, 0) is 26.3 Å². The summed E-state index contributed by atoms with van der Waals surface area (Å²) in [6.45, 7) is 9.00. The molecular weight excluding hydrogens is 226 g/mol. The van der Waals surface area contributed by atoms with Crippen molar-refractivity contribution < 1.29 is 9.84 Å². The molecule has 1 aliphatic rings. The summed E-state index contributed by atoms with van der Waals surface area (Å²) in [5, 5.41) is 10.0. The maximum atomic E-state index is 10.0. The number of phenolic OH excluding ortho intramolecular Hbond substituents is 1. The maximum absolute atomic E-state index is 10.0. The standard InChI is InChI=1S/C15H23NO2/c1-4-13(12-7-5-6-8-14(12)17)16-9-10-18-15(2,3)11-16/h5-8,13,17H,4,9-11H2,1-3H3. The molecule has 1 aromatic carbocycles. The first-order valence-electron chi connectivity index (χ1n) is 6.69. The van der Waals surface area contributed by atoms with E-state index in [1.54, 1.807) is 6.07 Å². The van der Waals surface area contributed by atoms with E-state index in [-0.39, 0.29) is 11.6 Å². The van der Waals surface area contributed by atoms with Crippen molar-refractivity contribution in [2.75, 3.05) is 19.7 Å². The van der Waals surface area contributed by atoms with Crippen LogP contribution in [0.2, 0.25) is 0 Å². The van der Waals surface area contributed by atoms with E-state index in [9.17, 15) is 5.11 Å². The fraction of sp³-hybridized carbons (Fsp3) is 0.600. The minimum Gasteiger partial charge on any atom is -0.508 e. The lowest BCUT2D eigenvalue weighted by atomic mass is 9.98. The molecule has 0 bridgehead atoms. The normalized spacial score (nSPS) is 21.7. The first-order chi connectivity index (χ1) is 8.53. The summed E-state index contributed by atoms with van der Waals surface area (Å²) in [5.74, 6) is 0.397. The molecule has 0 aromatic heterocycles. The second-order valence-corrected chi connectivity index (χ2v) is 5.56. The van der Waals surface area contributed by atoms with Gasteiger partial charge in [-0.25, -0.2) is 0 Å². The highest BCUT2D eigenvalue weighted by molar-refractivity contribution is 5.34. The number of hydrogen-bond acceptors (Lipinski definition) is 3. The zero-order valence-electron chi connectivity index (χ0n) is 11.5. The van der Waals surface area contributed by atoms with E-state index in [1.807, 2.05) is 18.2 Å². The van der Waals surface area contributed by atoms with Crippen LogP contribution in [-0.2, 0) is 4.74 Å². The van der Waals surface area contributed by atoms with Crippen LogP contribution in [0.5, 0.6) is 5.75 Å². The van der Waals surface area contributed by atoms with Crippen LogP contribution < -0.4 is 0 Å². The largest absolute Gasteiger partial charge is 0.508 e. The van der Waals surface area contributed by atoms with Gasteiger partial charge in [0, 0.05) is 24.7 Å². The fourth-order valence-electron chi connectivity index (χ4n) is 2.76. The predicted octanol–water partition coefficient (Wildman–Crippen LogP) is 2.95. The summed E-state index contributed by atoms with van der Waals surface area (Å²) < 4.78 is 5.75. The molecule has 100 valence electrons. The van der Waals surface area contributed by atoms with Crippen LogP contribution in [0.3, 0.4) is 0 Å². The van der Waals surface area contributed by atoms with Crippen molar-refractivity contribution in [2.45, 2.75) is 38.8 Å². The van der Waals surface area contributed by atoms with Crippen LogP contribution in [0.4, 0.5) is 0 Å². The molecule has 1 atom stereocenters. The van der Waals surface area contributed by atoms with Crippen molar-refractivity contribution in [3.8, 4) is 5.75 Å². The van der Waals surface area contributed by atoms with Crippen molar-refractivity contribution in [1.29, 1.82) is 0 Å². The average molecular weight is 249 g/mol. The Hall–Kier alpha value is -1.06. The number of hydrogen-bond donors (Lipinski definition) is 1. The topological polar surface area (TPSA) is 32.7 Å². The average Bonchev–Trinajstić information content (AvgIpc) is 2.31. The Labute approximate surface area is 109 Å². The number of benzene rings is 1. The van der Waals surface area contributed by atoms with Gasteiger partial charge in [-0.3, -0.25) is 4.90 Å². The Bertz CT molecular complexity index is 403. The highest BCUT2D eigenvalue weighted by Gasteiger charge is 2.31. The molecule has 3 nitrogen and oxygen atoms in total. The van der Waals surface area contributed by atoms with Gasteiger partial charge in [0.25, 0.3) is 0 Å². The smallest absolute Gasteiger partial charge is 0.120 e. The molecule has 1 unspecified atom stereocenters. The molecule has 2 rings (SSSR count). The number of nitrogens with zero attached hydrogens (tertiary/aromatic N) is 1. The Kier molecular flexibility index (Phi) is 3.93. The molecule has 1 heterocycles. The quantitative estimate of drug-likeness (QED) is 0.894. The van der Waals surface area contributed by atoms with Gasteiger partial charge in [-0.2, -0.15) is 0 Å². The molecule has 1 aromatic rings. The van der Waals surface area contributed by atoms with Crippen molar-refractivity contribution >= 4 is 0 Å². The first kappa shape index (κ1) is 13.4. The fourth-order valence-corrected chi connectivity index (χ4v) is 2.76. The molecule has 18 heavy (non-hydrogen) atoms. The third kappa shape index (κ3) is 2.85. The van der Waals surface area contributed by atoms with Gasteiger partial charge in [0.15, 0.2) is 0 Å². The Balaban J connectivity index is 2.21. The van der Waals surface area contributed by atoms with Crippen LogP contribution in [0.15, 0.2) is 24.3 Å². The summed E-state index contributed by atoms with van der Waals surface area (Å²) in [4.78, 5) is 2.42. The second kappa shape index (κ2) is 5.29. The van der Waals surface area contributed by atoms with Gasteiger partial charge < -0.3 is 9.84 Å². The maximum Gasteiger partial charge on any atom is 0.120 e. The molecule has 0 aliphatic carbocycles. The van der Waals surface area contributed by atoms with Crippen molar-refractivity contribution in [3.05, 3.63) is 29.8 Å². The minimum atomic E-state index is -0.101. The van der Waals surface area contributed by atoms with E-state index >= 15 is 0 Å². The Morgan fingerprint density at radius 1 is 1.39 bits per heavy atom. The summed E-state index contributed by atoms with van der Waals surface area (Å²) >= 11 is 0. The van der Waals surface area contributed by atoms with E-state index in [1.165, 1.54) is 0 Å². The first-order valence-corrected chi connectivity index (χ1v) is 6.69. The molecule has 1 N–H and O–H groups in total.